The van der Waals surface area contributed by atoms with Crippen molar-refractivity contribution in [3.63, 3.8) is 0 Å². The summed E-state index contributed by atoms with van der Waals surface area (Å²) < 4.78 is 0. The monoisotopic (exact) mass is 249 g/mol. The highest BCUT2D eigenvalue weighted by Crippen LogP contribution is 2.20. The maximum atomic E-state index is 12.0. The number of amides is 1. The molecule has 2 unspecified atom stereocenters. The lowest BCUT2D eigenvalue weighted by Crippen LogP contribution is -2.45. The Bertz CT molecular complexity index is 448. The molecular formula is C13H19N3O2. The molecule has 1 fully saturated rings. The second kappa shape index (κ2) is 5.27. The summed E-state index contributed by atoms with van der Waals surface area (Å²) in [5.41, 5.74) is 12.6. The van der Waals surface area contributed by atoms with Gasteiger partial charge in [-0.3, -0.25) is 4.79 Å². The van der Waals surface area contributed by atoms with E-state index in [0.29, 0.717) is 16.9 Å². The van der Waals surface area contributed by atoms with Gasteiger partial charge in [-0.05, 0) is 31.0 Å². The van der Waals surface area contributed by atoms with Crippen molar-refractivity contribution < 1.29 is 9.90 Å². The van der Waals surface area contributed by atoms with E-state index < -0.39 is 6.10 Å². The predicted octanol–water partition coefficient (Wildman–Crippen LogP) is 0.884. The average Bonchev–Trinajstić information content (AvgIpc) is 2.32. The zero-order chi connectivity index (χ0) is 13.1. The summed E-state index contributed by atoms with van der Waals surface area (Å²) in [5.74, 6) is -0.251. The largest absolute Gasteiger partial charge is 0.399 e. The molecule has 0 bridgehead atoms. The molecule has 0 saturated heterocycles. The number of aliphatic hydroxyl groups excluding tert-OH is 1. The zero-order valence-corrected chi connectivity index (χ0v) is 10.2. The fraction of sp³-hybridized carbons (Fsp3) is 0.462. The summed E-state index contributed by atoms with van der Waals surface area (Å²) in [6.45, 7) is 0. The first kappa shape index (κ1) is 12.7. The Kier molecular flexibility index (Phi) is 3.72. The second-order valence-electron chi connectivity index (χ2n) is 4.78. The Morgan fingerprint density at radius 3 is 2.67 bits per heavy atom. The Morgan fingerprint density at radius 2 is 2.00 bits per heavy atom. The van der Waals surface area contributed by atoms with Crippen LogP contribution >= 0.6 is 0 Å². The molecule has 1 amide bonds. The maximum Gasteiger partial charge on any atom is 0.253 e. The summed E-state index contributed by atoms with van der Waals surface area (Å²) in [5, 5.41) is 12.6. The average molecular weight is 249 g/mol. The molecule has 1 aromatic carbocycles. The van der Waals surface area contributed by atoms with Crippen LogP contribution in [-0.2, 0) is 0 Å². The van der Waals surface area contributed by atoms with Gasteiger partial charge in [0.1, 0.15) is 0 Å². The fourth-order valence-electron chi connectivity index (χ4n) is 2.31. The van der Waals surface area contributed by atoms with Crippen molar-refractivity contribution in [2.24, 2.45) is 0 Å². The molecule has 2 atom stereocenters. The molecule has 0 aromatic heterocycles. The number of nitrogens with one attached hydrogen (secondary N) is 1. The minimum Gasteiger partial charge on any atom is -0.399 e. The third-order valence-electron chi connectivity index (χ3n) is 3.37. The van der Waals surface area contributed by atoms with Crippen molar-refractivity contribution in [2.45, 2.75) is 37.8 Å². The standard InChI is InChI=1S/C13H19N3O2/c14-8-5-6-9(10(15)7-8)13(18)16-11-3-1-2-4-12(11)17/h5-7,11-12,17H,1-4,14-15H2,(H,16,18). The first-order valence-electron chi connectivity index (χ1n) is 6.22. The molecule has 98 valence electrons. The number of carbonyl (C=O) groups is 1. The number of rotatable bonds is 2. The second-order valence-corrected chi connectivity index (χ2v) is 4.78. The predicted molar refractivity (Wildman–Crippen MR) is 71.0 cm³/mol. The van der Waals surface area contributed by atoms with Crippen LogP contribution in [0, 0.1) is 0 Å². The third kappa shape index (κ3) is 2.73. The molecule has 1 saturated carbocycles. The highest BCUT2D eigenvalue weighted by Gasteiger charge is 2.25. The molecule has 1 aromatic rings. The van der Waals surface area contributed by atoms with Gasteiger partial charge in [0, 0.05) is 11.4 Å². The van der Waals surface area contributed by atoms with Crippen molar-refractivity contribution in [3.8, 4) is 0 Å². The molecule has 0 aliphatic heterocycles. The lowest BCUT2D eigenvalue weighted by Gasteiger charge is -2.28. The molecule has 18 heavy (non-hydrogen) atoms. The number of benzene rings is 1. The third-order valence-corrected chi connectivity index (χ3v) is 3.37. The maximum absolute atomic E-state index is 12.0. The number of hydrogen-bond donors (Lipinski definition) is 4. The van der Waals surface area contributed by atoms with Gasteiger partial charge >= 0.3 is 0 Å². The molecular weight excluding hydrogens is 230 g/mol. The summed E-state index contributed by atoms with van der Waals surface area (Å²) in [7, 11) is 0. The van der Waals surface area contributed by atoms with Gasteiger partial charge in [-0.15, -0.1) is 0 Å². The van der Waals surface area contributed by atoms with Gasteiger partial charge in [0.25, 0.3) is 5.91 Å². The zero-order valence-electron chi connectivity index (χ0n) is 10.2. The molecule has 0 spiro atoms. The lowest BCUT2D eigenvalue weighted by atomic mass is 9.92. The van der Waals surface area contributed by atoms with Gasteiger partial charge in [0.15, 0.2) is 0 Å². The molecule has 0 radical (unpaired) electrons. The Hall–Kier alpha value is -1.75. The van der Waals surface area contributed by atoms with Crippen molar-refractivity contribution in [2.75, 3.05) is 11.5 Å². The van der Waals surface area contributed by atoms with E-state index in [4.69, 9.17) is 11.5 Å². The van der Waals surface area contributed by atoms with Crippen molar-refractivity contribution >= 4 is 17.3 Å². The first-order valence-corrected chi connectivity index (χ1v) is 6.22. The molecule has 2 rings (SSSR count). The number of aliphatic hydroxyl groups is 1. The lowest BCUT2D eigenvalue weighted by molar-refractivity contribution is 0.0718. The highest BCUT2D eigenvalue weighted by atomic mass is 16.3. The van der Waals surface area contributed by atoms with Gasteiger partial charge < -0.3 is 21.9 Å². The minimum absolute atomic E-state index is 0.178. The van der Waals surface area contributed by atoms with Crippen LogP contribution in [0.5, 0.6) is 0 Å². The van der Waals surface area contributed by atoms with E-state index in [-0.39, 0.29) is 11.9 Å². The van der Waals surface area contributed by atoms with E-state index in [1.54, 1.807) is 18.2 Å². The topological polar surface area (TPSA) is 101 Å². The number of hydrogen-bond acceptors (Lipinski definition) is 4. The van der Waals surface area contributed by atoms with Gasteiger partial charge in [0.2, 0.25) is 0 Å². The Balaban J connectivity index is 2.07. The molecule has 0 heterocycles. The van der Waals surface area contributed by atoms with Crippen LogP contribution in [0.1, 0.15) is 36.0 Å². The molecule has 1 aliphatic carbocycles. The number of nitrogens with two attached hydrogens (primary N) is 2. The van der Waals surface area contributed by atoms with Crippen molar-refractivity contribution in [1.29, 1.82) is 0 Å². The summed E-state index contributed by atoms with van der Waals surface area (Å²) in [6.07, 6.45) is 3.12. The summed E-state index contributed by atoms with van der Waals surface area (Å²) in [6, 6.07) is 4.63. The van der Waals surface area contributed by atoms with Crippen LogP contribution < -0.4 is 16.8 Å². The molecule has 5 heteroatoms. The Morgan fingerprint density at radius 1 is 1.28 bits per heavy atom. The van der Waals surface area contributed by atoms with Gasteiger partial charge in [-0.1, -0.05) is 12.8 Å². The van der Waals surface area contributed by atoms with E-state index in [9.17, 15) is 9.90 Å². The van der Waals surface area contributed by atoms with E-state index in [1.807, 2.05) is 0 Å². The van der Waals surface area contributed by atoms with Crippen LogP contribution in [0.15, 0.2) is 18.2 Å². The normalized spacial score (nSPS) is 23.6. The van der Waals surface area contributed by atoms with E-state index in [1.165, 1.54) is 0 Å². The minimum atomic E-state index is -0.460. The smallest absolute Gasteiger partial charge is 0.253 e. The SMILES string of the molecule is Nc1ccc(C(=O)NC2CCCCC2O)c(N)c1. The molecule has 5 nitrogen and oxygen atoms in total. The number of nitrogen functional groups attached to an aromatic ring is 2. The van der Waals surface area contributed by atoms with Crippen LogP contribution in [0.3, 0.4) is 0 Å². The van der Waals surface area contributed by atoms with E-state index in [2.05, 4.69) is 5.32 Å². The van der Waals surface area contributed by atoms with Crippen LogP contribution in [0.2, 0.25) is 0 Å². The van der Waals surface area contributed by atoms with Crippen LogP contribution in [-0.4, -0.2) is 23.2 Å². The van der Waals surface area contributed by atoms with Crippen LogP contribution in [0.4, 0.5) is 11.4 Å². The van der Waals surface area contributed by atoms with Crippen molar-refractivity contribution in [1.82, 2.24) is 5.32 Å². The summed E-state index contributed by atoms with van der Waals surface area (Å²) in [4.78, 5) is 12.0. The molecule has 6 N–H and O–H groups in total. The van der Waals surface area contributed by atoms with E-state index >= 15 is 0 Å². The highest BCUT2D eigenvalue weighted by molar-refractivity contribution is 5.99. The summed E-state index contributed by atoms with van der Waals surface area (Å²) >= 11 is 0. The molecule has 1 aliphatic rings. The fourth-order valence-corrected chi connectivity index (χ4v) is 2.31. The van der Waals surface area contributed by atoms with Gasteiger partial charge in [-0.25, -0.2) is 0 Å². The number of carbonyl (C=O) groups excluding carboxylic acids is 1. The van der Waals surface area contributed by atoms with E-state index in [0.717, 1.165) is 25.7 Å². The first-order chi connectivity index (χ1) is 8.58. The van der Waals surface area contributed by atoms with Gasteiger partial charge in [0.05, 0.1) is 17.7 Å². The van der Waals surface area contributed by atoms with Crippen molar-refractivity contribution in [3.05, 3.63) is 23.8 Å². The quantitative estimate of drug-likeness (QED) is 0.584. The Labute approximate surface area is 106 Å². The number of anilines is 2. The van der Waals surface area contributed by atoms with Gasteiger partial charge in [-0.2, -0.15) is 0 Å². The van der Waals surface area contributed by atoms with Crippen LogP contribution in [0.25, 0.3) is 0 Å².